The van der Waals surface area contributed by atoms with Crippen LogP contribution < -0.4 is 5.73 Å². The molecule has 0 saturated heterocycles. The normalized spacial score (nSPS) is 24.8. The van der Waals surface area contributed by atoms with E-state index in [1.165, 1.54) is 0 Å². The predicted molar refractivity (Wildman–Crippen MR) is 43.4 cm³/mol. The van der Waals surface area contributed by atoms with E-state index < -0.39 is 0 Å². The summed E-state index contributed by atoms with van der Waals surface area (Å²) >= 11 is 3.13. The zero-order valence-electron chi connectivity index (χ0n) is 5.25. The number of nitrogens with two attached hydrogens (primary N) is 1. The molecule has 1 aliphatic rings. The van der Waals surface area contributed by atoms with Gasteiger partial charge in [0.05, 0.1) is 5.71 Å². The van der Waals surface area contributed by atoms with Crippen molar-refractivity contribution < 1.29 is 4.79 Å². The first-order valence-corrected chi connectivity index (χ1v) is 3.79. The zero-order valence-corrected chi connectivity index (χ0v) is 6.84. The third-order valence-corrected chi connectivity index (χ3v) is 1.85. The molecule has 0 fully saturated rings. The molecule has 0 spiro atoms. The van der Waals surface area contributed by atoms with Crippen molar-refractivity contribution in [3.63, 3.8) is 0 Å². The molecule has 54 valence electrons. The lowest BCUT2D eigenvalue weighted by atomic mass is 10.2. The van der Waals surface area contributed by atoms with Gasteiger partial charge in [-0.1, -0.05) is 22.0 Å². The maximum Gasteiger partial charge on any atom is 0.263 e. The highest BCUT2D eigenvalue weighted by molar-refractivity contribution is 9.10. The molecule has 10 heavy (non-hydrogen) atoms. The standard InChI is InChI=1S/C6H7BrN2O/c7-5-2-1-4(3-8)9-6(5)10/h1-2,5H,3,8H2. The van der Waals surface area contributed by atoms with E-state index in [1.54, 1.807) is 12.2 Å². The Labute approximate surface area is 67.1 Å². The first-order valence-electron chi connectivity index (χ1n) is 2.88. The monoisotopic (exact) mass is 202 g/mol. The van der Waals surface area contributed by atoms with E-state index in [9.17, 15) is 4.79 Å². The van der Waals surface area contributed by atoms with Crippen LogP contribution in [-0.2, 0) is 4.79 Å². The van der Waals surface area contributed by atoms with Crippen LogP contribution in [0.4, 0.5) is 0 Å². The van der Waals surface area contributed by atoms with Crippen molar-refractivity contribution in [3.05, 3.63) is 12.2 Å². The van der Waals surface area contributed by atoms with Gasteiger partial charge in [-0.25, -0.2) is 4.99 Å². The summed E-state index contributed by atoms with van der Waals surface area (Å²) in [6.07, 6.45) is 3.48. The molecule has 0 radical (unpaired) electrons. The smallest absolute Gasteiger partial charge is 0.263 e. The first kappa shape index (κ1) is 7.63. The summed E-state index contributed by atoms with van der Waals surface area (Å²) in [4.78, 5) is 14.3. The quantitative estimate of drug-likeness (QED) is 0.621. The van der Waals surface area contributed by atoms with Crippen LogP contribution in [-0.4, -0.2) is 23.0 Å². The number of aliphatic imine (C=N–C) groups is 1. The topological polar surface area (TPSA) is 55.4 Å². The maximum absolute atomic E-state index is 10.8. The summed E-state index contributed by atoms with van der Waals surface area (Å²) in [6.45, 7) is 0.321. The molecule has 0 saturated carbocycles. The number of amides is 1. The molecule has 4 heteroatoms. The minimum atomic E-state index is -0.261. The maximum atomic E-state index is 10.8. The lowest BCUT2D eigenvalue weighted by Gasteiger charge is -2.05. The molecule has 0 aliphatic carbocycles. The van der Waals surface area contributed by atoms with E-state index in [0.29, 0.717) is 12.3 Å². The van der Waals surface area contributed by atoms with Gasteiger partial charge in [0, 0.05) is 6.54 Å². The highest BCUT2D eigenvalue weighted by Gasteiger charge is 2.14. The fraction of sp³-hybridized carbons (Fsp3) is 0.333. The summed E-state index contributed by atoms with van der Waals surface area (Å²) < 4.78 is 0. The molecule has 0 bridgehead atoms. The van der Waals surface area contributed by atoms with Gasteiger partial charge in [-0.15, -0.1) is 0 Å². The molecule has 3 nitrogen and oxygen atoms in total. The second-order valence-electron chi connectivity index (χ2n) is 1.91. The number of dihydropyridines is 1. The summed E-state index contributed by atoms with van der Waals surface area (Å²) in [6, 6.07) is 0. The van der Waals surface area contributed by atoms with Gasteiger partial charge in [0.25, 0.3) is 5.91 Å². The van der Waals surface area contributed by atoms with Gasteiger partial charge in [0.1, 0.15) is 4.83 Å². The van der Waals surface area contributed by atoms with Gasteiger partial charge >= 0.3 is 0 Å². The Hall–Kier alpha value is -0.480. The van der Waals surface area contributed by atoms with Crippen molar-refractivity contribution in [2.75, 3.05) is 6.54 Å². The second kappa shape index (κ2) is 3.07. The Morgan fingerprint density at radius 1 is 1.80 bits per heavy atom. The summed E-state index contributed by atoms with van der Waals surface area (Å²) in [5, 5.41) is 0. The third-order valence-electron chi connectivity index (χ3n) is 1.16. The number of carbonyl (C=O) groups is 1. The third kappa shape index (κ3) is 1.52. The van der Waals surface area contributed by atoms with Crippen molar-refractivity contribution >= 4 is 27.5 Å². The Morgan fingerprint density at radius 3 is 3.00 bits per heavy atom. The molecule has 1 heterocycles. The van der Waals surface area contributed by atoms with Gasteiger partial charge in [-0.05, 0) is 6.08 Å². The van der Waals surface area contributed by atoms with Crippen LogP contribution in [0.2, 0.25) is 0 Å². The molecule has 1 amide bonds. The predicted octanol–water partition coefficient (Wildman–Crippen LogP) is 0.246. The SMILES string of the molecule is NCC1=NC(=O)C(Br)C=C1. The summed E-state index contributed by atoms with van der Waals surface area (Å²) in [5.74, 6) is -0.178. The van der Waals surface area contributed by atoms with Gasteiger partial charge in [0.2, 0.25) is 0 Å². The molecular formula is C6H7BrN2O. The van der Waals surface area contributed by atoms with Crippen LogP contribution in [0, 0.1) is 0 Å². The number of nitrogens with zero attached hydrogens (tertiary/aromatic N) is 1. The Bertz CT molecular complexity index is 210. The average molecular weight is 203 g/mol. The lowest BCUT2D eigenvalue weighted by molar-refractivity contribution is -0.116. The van der Waals surface area contributed by atoms with Crippen molar-refractivity contribution in [2.45, 2.75) is 4.83 Å². The largest absolute Gasteiger partial charge is 0.325 e. The van der Waals surface area contributed by atoms with E-state index in [2.05, 4.69) is 20.9 Å². The molecule has 1 atom stereocenters. The number of halogens is 1. The van der Waals surface area contributed by atoms with Gasteiger partial charge in [0.15, 0.2) is 0 Å². The van der Waals surface area contributed by atoms with E-state index in [-0.39, 0.29) is 10.7 Å². The Balaban J connectivity index is 2.76. The second-order valence-corrected chi connectivity index (χ2v) is 2.89. The van der Waals surface area contributed by atoms with Crippen molar-refractivity contribution in [1.29, 1.82) is 0 Å². The Morgan fingerprint density at radius 2 is 2.50 bits per heavy atom. The number of rotatable bonds is 1. The summed E-state index contributed by atoms with van der Waals surface area (Å²) in [7, 11) is 0. The summed E-state index contributed by atoms with van der Waals surface area (Å²) in [5.41, 5.74) is 5.90. The molecule has 0 aromatic heterocycles. The van der Waals surface area contributed by atoms with Crippen LogP contribution in [0.3, 0.4) is 0 Å². The highest BCUT2D eigenvalue weighted by atomic mass is 79.9. The zero-order chi connectivity index (χ0) is 7.56. The minimum Gasteiger partial charge on any atom is -0.325 e. The van der Waals surface area contributed by atoms with Crippen molar-refractivity contribution in [3.8, 4) is 0 Å². The number of hydrogen-bond donors (Lipinski definition) is 1. The van der Waals surface area contributed by atoms with E-state index in [1.807, 2.05) is 0 Å². The molecule has 0 aromatic carbocycles. The molecule has 1 aliphatic heterocycles. The average Bonchev–Trinajstić information content (AvgIpc) is 1.95. The van der Waals surface area contributed by atoms with Crippen LogP contribution in [0.1, 0.15) is 0 Å². The number of hydrogen-bond acceptors (Lipinski definition) is 2. The fourth-order valence-corrected chi connectivity index (χ4v) is 0.887. The highest BCUT2D eigenvalue weighted by Crippen LogP contribution is 2.08. The first-order chi connectivity index (χ1) is 4.74. The van der Waals surface area contributed by atoms with Gasteiger partial charge in [-0.3, -0.25) is 4.79 Å². The lowest BCUT2D eigenvalue weighted by Crippen LogP contribution is -2.21. The number of alkyl halides is 1. The fourth-order valence-electron chi connectivity index (χ4n) is 0.632. The molecule has 0 aromatic rings. The minimum absolute atomic E-state index is 0.178. The molecule has 1 rings (SSSR count). The van der Waals surface area contributed by atoms with E-state index in [0.717, 1.165) is 0 Å². The van der Waals surface area contributed by atoms with Crippen LogP contribution >= 0.6 is 15.9 Å². The van der Waals surface area contributed by atoms with Gasteiger partial charge < -0.3 is 5.73 Å². The van der Waals surface area contributed by atoms with Crippen molar-refractivity contribution in [1.82, 2.24) is 0 Å². The van der Waals surface area contributed by atoms with E-state index in [4.69, 9.17) is 5.73 Å². The van der Waals surface area contributed by atoms with Gasteiger partial charge in [-0.2, -0.15) is 0 Å². The van der Waals surface area contributed by atoms with E-state index >= 15 is 0 Å². The van der Waals surface area contributed by atoms with Crippen LogP contribution in [0.15, 0.2) is 17.1 Å². The van der Waals surface area contributed by atoms with Crippen molar-refractivity contribution in [2.24, 2.45) is 10.7 Å². The molecule has 2 N–H and O–H groups in total. The molecular weight excluding hydrogens is 196 g/mol. The number of carbonyl (C=O) groups excluding carboxylic acids is 1. The van der Waals surface area contributed by atoms with Crippen LogP contribution in [0.25, 0.3) is 0 Å². The Kier molecular flexibility index (Phi) is 2.34. The van der Waals surface area contributed by atoms with Crippen LogP contribution in [0.5, 0.6) is 0 Å². The molecule has 1 unspecified atom stereocenters.